The zero-order valence-corrected chi connectivity index (χ0v) is 8.34. The quantitative estimate of drug-likeness (QED) is 0.480. The number of hydrogen-bond donors (Lipinski definition) is 2. The largest absolute Gasteiger partial charge is 0.354 e. The molecule has 0 rings (SSSR count). The number of amides is 1. The lowest BCUT2D eigenvalue weighted by molar-refractivity contribution is -0.123. The van der Waals surface area contributed by atoms with Gasteiger partial charge in [-0.3, -0.25) is 4.79 Å². The Hall–Kier alpha value is -1.01. The number of nitrogens with two attached hydrogens (primary N) is 1. The van der Waals surface area contributed by atoms with Gasteiger partial charge in [-0.2, -0.15) is 0 Å². The van der Waals surface area contributed by atoms with Gasteiger partial charge in [0.25, 0.3) is 0 Å². The first-order valence-electron chi connectivity index (χ1n) is 4.60. The molecule has 13 heavy (non-hydrogen) atoms. The zero-order chi connectivity index (χ0) is 10.3. The van der Waals surface area contributed by atoms with Crippen molar-refractivity contribution in [3.63, 3.8) is 0 Å². The number of terminal acetylenes is 1. The van der Waals surface area contributed by atoms with Crippen LogP contribution in [0.25, 0.3) is 0 Å². The molecule has 2 atom stereocenters. The first kappa shape index (κ1) is 12.0. The van der Waals surface area contributed by atoms with E-state index in [9.17, 15) is 4.79 Å². The molecular weight excluding hydrogens is 164 g/mol. The van der Waals surface area contributed by atoms with E-state index in [1.807, 2.05) is 13.8 Å². The molecule has 1 unspecified atom stereocenters. The molecule has 0 aliphatic heterocycles. The van der Waals surface area contributed by atoms with E-state index in [0.717, 1.165) is 6.42 Å². The average molecular weight is 182 g/mol. The second-order valence-electron chi connectivity index (χ2n) is 3.16. The van der Waals surface area contributed by atoms with Crippen molar-refractivity contribution >= 4 is 5.91 Å². The third-order valence-corrected chi connectivity index (χ3v) is 2.13. The van der Waals surface area contributed by atoms with Crippen LogP contribution >= 0.6 is 0 Å². The third-order valence-electron chi connectivity index (χ3n) is 2.13. The van der Waals surface area contributed by atoms with Gasteiger partial charge in [0.05, 0.1) is 6.04 Å². The summed E-state index contributed by atoms with van der Waals surface area (Å²) in [4.78, 5) is 11.3. The molecule has 3 heteroatoms. The van der Waals surface area contributed by atoms with Crippen molar-refractivity contribution in [1.82, 2.24) is 5.32 Å². The standard InChI is InChI=1S/C10H18N2O/c1-4-6-7-12-10(13)9(11)8(3)5-2/h1,8-9H,5-7,11H2,2-3H3,(H,12,13)/t8?,9-/m0/s1. The average Bonchev–Trinajstić information content (AvgIpc) is 2.15. The molecule has 0 saturated carbocycles. The van der Waals surface area contributed by atoms with Crippen molar-refractivity contribution in [1.29, 1.82) is 0 Å². The first-order valence-corrected chi connectivity index (χ1v) is 4.60. The third kappa shape index (κ3) is 4.54. The van der Waals surface area contributed by atoms with E-state index in [0.29, 0.717) is 13.0 Å². The summed E-state index contributed by atoms with van der Waals surface area (Å²) < 4.78 is 0. The van der Waals surface area contributed by atoms with Crippen molar-refractivity contribution in [2.45, 2.75) is 32.7 Å². The van der Waals surface area contributed by atoms with Gasteiger partial charge in [0, 0.05) is 13.0 Å². The molecule has 0 heterocycles. The van der Waals surface area contributed by atoms with Gasteiger partial charge in [0.1, 0.15) is 0 Å². The smallest absolute Gasteiger partial charge is 0.237 e. The van der Waals surface area contributed by atoms with Gasteiger partial charge >= 0.3 is 0 Å². The van der Waals surface area contributed by atoms with Crippen LogP contribution < -0.4 is 11.1 Å². The topological polar surface area (TPSA) is 55.1 Å². The van der Waals surface area contributed by atoms with E-state index in [-0.39, 0.29) is 11.8 Å². The number of nitrogens with one attached hydrogen (secondary N) is 1. The fourth-order valence-electron chi connectivity index (χ4n) is 0.888. The lowest BCUT2D eigenvalue weighted by Gasteiger charge is -2.17. The maximum atomic E-state index is 11.3. The summed E-state index contributed by atoms with van der Waals surface area (Å²) in [6, 6.07) is -0.414. The summed E-state index contributed by atoms with van der Waals surface area (Å²) in [5, 5.41) is 2.69. The molecule has 0 radical (unpaired) electrons. The molecule has 0 aromatic heterocycles. The number of carbonyl (C=O) groups is 1. The Kier molecular flexibility index (Phi) is 5.99. The SMILES string of the molecule is C#CCCNC(=O)[C@@H](N)C(C)CC. The lowest BCUT2D eigenvalue weighted by atomic mass is 9.99. The molecule has 1 amide bonds. The van der Waals surface area contributed by atoms with Crippen LogP contribution in [-0.4, -0.2) is 18.5 Å². The van der Waals surface area contributed by atoms with E-state index >= 15 is 0 Å². The van der Waals surface area contributed by atoms with Gasteiger partial charge in [-0.25, -0.2) is 0 Å². The predicted molar refractivity (Wildman–Crippen MR) is 53.9 cm³/mol. The number of hydrogen-bond acceptors (Lipinski definition) is 2. The Morgan fingerprint density at radius 2 is 2.31 bits per heavy atom. The van der Waals surface area contributed by atoms with Gasteiger partial charge in [-0.15, -0.1) is 12.3 Å². The molecule has 3 nitrogen and oxygen atoms in total. The van der Waals surface area contributed by atoms with Crippen LogP contribution in [-0.2, 0) is 4.79 Å². The predicted octanol–water partition coefficient (Wildman–Crippen LogP) is 0.499. The highest BCUT2D eigenvalue weighted by atomic mass is 16.2. The highest BCUT2D eigenvalue weighted by Crippen LogP contribution is 2.04. The number of rotatable bonds is 5. The monoisotopic (exact) mass is 182 g/mol. The second kappa shape index (κ2) is 6.50. The van der Waals surface area contributed by atoms with Gasteiger partial charge in [-0.05, 0) is 5.92 Å². The van der Waals surface area contributed by atoms with E-state index in [2.05, 4.69) is 11.2 Å². The van der Waals surface area contributed by atoms with Gasteiger partial charge in [0.15, 0.2) is 0 Å². The molecular formula is C10H18N2O. The summed E-state index contributed by atoms with van der Waals surface area (Å²) in [6.45, 7) is 4.49. The van der Waals surface area contributed by atoms with Crippen LogP contribution in [0.5, 0.6) is 0 Å². The Morgan fingerprint density at radius 3 is 2.77 bits per heavy atom. The van der Waals surface area contributed by atoms with Crippen LogP contribution in [0.15, 0.2) is 0 Å². The molecule has 0 aliphatic rings. The van der Waals surface area contributed by atoms with Crippen LogP contribution in [0.1, 0.15) is 26.7 Å². The van der Waals surface area contributed by atoms with Crippen molar-refractivity contribution in [3.05, 3.63) is 0 Å². The van der Waals surface area contributed by atoms with Gasteiger partial charge in [0.2, 0.25) is 5.91 Å². The Bertz CT molecular complexity index is 196. The van der Waals surface area contributed by atoms with Crippen molar-refractivity contribution in [2.75, 3.05) is 6.54 Å². The molecule has 0 bridgehead atoms. The van der Waals surface area contributed by atoms with E-state index in [1.165, 1.54) is 0 Å². The van der Waals surface area contributed by atoms with Crippen LogP contribution in [0.4, 0.5) is 0 Å². The fourth-order valence-corrected chi connectivity index (χ4v) is 0.888. The van der Waals surface area contributed by atoms with E-state index in [1.54, 1.807) is 0 Å². The number of carbonyl (C=O) groups excluding carboxylic acids is 1. The van der Waals surface area contributed by atoms with Crippen molar-refractivity contribution < 1.29 is 4.79 Å². The Morgan fingerprint density at radius 1 is 1.69 bits per heavy atom. The summed E-state index contributed by atoms with van der Waals surface area (Å²) in [5.74, 6) is 2.56. The molecule has 0 saturated heterocycles. The molecule has 3 N–H and O–H groups in total. The highest BCUT2D eigenvalue weighted by Gasteiger charge is 2.18. The normalized spacial score (nSPS) is 14.3. The second-order valence-corrected chi connectivity index (χ2v) is 3.16. The minimum absolute atomic E-state index is 0.107. The van der Waals surface area contributed by atoms with Crippen LogP contribution in [0.3, 0.4) is 0 Å². The molecule has 0 aliphatic carbocycles. The maximum absolute atomic E-state index is 11.3. The zero-order valence-electron chi connectivity index (χ0n) is 8.34. The Labute approximate surface area is 80.1 Å². The van der Waals surface area contributed by atoms with Gasteiger partial charge < -0.3 is 11.1 Å². The minimum Gasteiger partial charge on any atom is -0.354 e. The van der Waals surface area contributed by atoms with Crippen molar-refractivity contribution in [3.8, 4) is 12.3 Å². The fraction of sp³-hybridized carbons (Fsp3) is 0.700. The summed E-state index contributed by atoms with van der Waals surface area (Å²) in [6.07, 6.45) is 6.51. The lowest BCUT2D eigenvalue weighted by Crippen LogP contribution is -2.44. The highest BCUT2D eigenvalue weighted by molar-refractivity contribution is 5.81. The van der Waals surface area contributed by atoms with Crippen LogP contribution in [0.2, 0.25) is 0 Å². The van der Waals surface area contributed by atoms with Crippen molar-refractivity contribution in [2.24, 2.45) is 11.7 Å². The molecule has 0 aromatic carbocycles. The molecule has 0 spiro atoms. The summed E-state index contributed by atoms with van der Waals surface area (Å²) in [7, 11) is 0. The first-order chi connectivity index (χ1) is 6.13. The van der Waals surface area contributed by atoms with E-state index < -0.39 is 6.04 Å². The molecule has 0 fully saturated rings. The van der Waals surface area contributed by atoms with E-state index in [4.69, 9.17) is 12.2 Å². The molecule has 74 valence electrons. The minimum atomic E-state index is -0.414. The van der Waals surface area contributed by atoms with Gasteiger partial charge in [-0.1, -0.05) is 20.3 Å². The summed E-state index contributed by atoms with van der Waals surface area (Å²) in [5.41, 5.74) is 5.69. The summed E-state index contributed by atoms with van der Waals surface area (Å²) >= 11 is 0. The molecule has 0 aromatic rings. The van der Waals surface area contributed by atoms with Crippen LogP contribution in [0, 0.1) is 18.3 Å². The Balaban J connectivity index is 3.77. The maximum Gasteiger partial charge on any atom is 0.237 e.